The van der Waals surface area contributed by atoms with Crippen molar-refractivity contribution in [1.29, 1.82) is 0 Å². The van der Waals surface area contributed by atoms with Gasteiger partial charge in [0.1, 0.15) is 17.5 Å². The van der Waals surface area contributed by atoms with Crippen molar-refractivity contribution in [2.75, 3.05) is 4.90 Å². The van der Waals surface area contributed by atoms with Crippen LogP contribution in [0.25, 0.3) is 0 Å². The lowest BCUT2D eigenvalue weighted by Crippen LogP contribution is -2.29. The summed E-state index contributed by atoms with van der Waals surface area (Å²) < 4.78 is 5.94. The number of nitrogens with one attached hydrogen (secondary N) is 2. The van der Waals surface area contributed by atoms with Gasteiger partial charge in [0.05, 0.1) is 11.7 Å². The number of rotatable bonds is 5. The van der Waals surface area contributed by atoms with Gasteiger partial charge < -0.3 is 19.9 Å². The number of pyridine rings is 1. The maximum Gasteiger partial charge on any atom is 0.174 e. The van der Waals surface area contributed by atoms with Crippen molar-refractivity contribution in [1.82, 2.24) is 15.3 Å². The molecule has 5 rings (SSSR count). The maximum absolute atomic E-state index is 5.94. The van der Waals surface area contributed by atoms with Crippen LogP contribution < -0.4 is 15.0 Å². The molecule has 0 saturated carbocycles. The molecule has 0 radical (unpaired) electrons. The highest BCUT2D eigenvalue weighted by molar-refractivity contribution is 7.80. The number of benzene rings is 2. The van der Waals surface area contributed by atoms with Crippen LogP contribution in [0.4, 0.5) is 5.69 Å². The molecule has 1 aliphatic rings. The predicted octanol–water partition coefficient (Wildman–Crippen LogP) is 5.69. The number of thiocarbonyl (C=S) groups is 1. The van der Waals surface area contributed by atoms with Gasteiger partial charge in [-0.15, -0.1) is 0 Å². The van der Waals surface area contributed by atoms with E-state index in [1.165, 1.54) is 0 Å². The van der Waals surface area contributed by atoms with Crippen molar-refractivity contribution in [2.24, 2.45) is 0 Å². The molecule has 3 heterocycles. The molecule has 2 aromatic heterocycles. The Balaban J connectivity index is 1.48. The van der Waals surface area contributed by atoms with Crippen LogP contribution in [0.1, 0.15) is 29.2 Å². The Hall–Kier alpha value is -3.64. The molecular formula is C25H22N4OS. The van der Waals surface area contributed by atoms with Crippen LogP contribution in [0.5, 0.6) is 11.5 Å². The molecule has 0 bridgehead atoms. The molecule has 31 heavy (non-hydrogen) atoms. The minimum Gasteiger partial charge on any atom is -0.457 e. The van der Waals surface area contributed by atoms with Crippen LogP contribution in [0.15, 0.2) is 91.1 Å². The zero-order chi connectivity index (χ0) is 21.2. The molecule has 2 atom stereocenters. The summed E-state index contributed by atoms with van der Waals surface area (Å²) in [7, 11) is 0. The second-order valence-electron chi connectivity index (χ2n) is 7.50. The van der Waals surface area contributed by atoms with Gasteiger partial charge >= 0.3 is 0 Å². The molecule has 2 aromatic carbocycles. The minimum absolute atomic E-state index is 0.0445. The van der Waals surface area contributed by atoms with Crippen LogP contribution in [-0.2, 0) is 0 Å². The summed E-state index contributed by atoms with van der Waals surface area (Å²) in [4.78, 5) is 10.2. The lowest BCUT2D eigenvalue weighted by Gasteiger charge is -2.27. The quantitative estimate of drug-likeness (QED) is 0.402. The number of para-hydroxylation sites is 1. The van der Waals surface area contributed by atoms with E-state index < -0.39 is 0 Å². The molecule has 2 N–H and O–H groups in total. The summed E-state index contributed by atoms with van der Waals surface area (Å²) >= 11 is 5.76. The summed E-state index contributed by atoms with van der Waals surface area (Å²) in [6.07, 6.45) is 1.81. The molecule has 0 spiro atoms. The Labute approximate surface area is 186 Å². The number of aromatic amines is 1. The number of hydrogen-bond donors (Lipinski definition) is 2. The van der Waals surface area contributed by atoms with E-state index in [0.29, 0.717) is 5.11 Å². The van der Waals surface area contributed by atoms with E-state index in [1.54, 1.807) is 0 Å². The van der Waals surface area contributed by atoms with Crippen molar-refractivity contribution in [2.45, 2.75) is 19.0 Å². The van der Waals surface area contributed by atoms with Crippen LogP contribution in [0.3, 0.4) is 0 Å². The smallest absolute Gasteiger partial charge is 0.174 e. The molecule has 1 fully saturated rings. The van der Waals surface area contributed by atoms with Crippen molar-refractivity contribution in [3.05, 3.63) is 108 Å². The van der Waals surface area contributed by atoms with E-state index in [4.69, 9.17) is 17.0 Å². The number of ether oxygens (including phenoxy) is 1. The van der Waals surface area contributed by atoms with Crippen molar-refractivity contribution < 1.29 is 4.74 Å². The Morgan fingerprint density at radius 3 is 2.29 bits per heavy atom. The second-order valence-corrected chi connectivity index (χ2v) is 7.89. The number of aryl methyl sites for hydroxylation is 1. The third-order valence-corrected chi connectivity index (χ3v) is 5.68. The van der Waals surface area contributed by atoms with Gasteiger partial charge in [0, 0.05) is 23.3 Å². The van der Waals surface area contributed by atoms with Crippen molar-refractivity contribution >= 4 is 23.0 Å². The van der Waals surface area contributed by atoms with E-state index in [1.807, 2.05) is 79.0 Å². The Bertz CT molecular complexity index is 1180. The normalized spacial score (nSPS) is 18.1. The summed E-state index contributed by atoms with van der Waals surface area (Å²) in [5, 5.41) is 4.15. The molecule has 6 heteroatoms. The highest BCUT2D eigenvalue weighted by atomic mass is 32.1. The first-order valence-electron chi connectivity index (χ1n) is 10.2. The topological polar surface area (TPSA) is 53.2 Å². The van der Waals surface area contributed by atoms with Gasteiger partial charge in [0.25, 0.3) is 0 Å². The fourth-order valence-electron chi connectivity index (χ4n) is 3.95. The monoisotopic (exact) mass is 426 g/mol. The molecule has 0 unspecified atom stereocenters. The predicted molar refractivity (Wildman–Crippen MR) is 126 cm³/mol. The SMILES string of the molecule is Cc1ccc([C@H]2[C@H](c3ccccn3)NC(=S)N2c2ccc(Oc3ccccc3)cc2)[nH]1. The molecule has 154 valence electrons. The molecular weight excluding hydrogens is 404 g/mol. The minimum atomic E-state index is -0.0630. The number of nitrogens with zero attached hydrogens (tertiary/aromatic N) is 2. The number of aromatic nitrogens is 2. The van der Waals surface area contributed by atoms with Crippen molar-refractivity contribution in [3.63, 3.8) is 0 Å². The fraction of sp³-hybridized carbons (Fsp3) is 0.120. The van der Waals surface area contributed by atoms with Gasteiger partial charge in [-0.25, -0.2) is 0 Å². The van der Waals surface area contributed by atoms with Crippen LogP contribution in [0.2, 0.25) is 0 Å². The number of hydrogen-bond acceptors (Lipinski definition) is 3. The van der Waals surface area contributed by atoms with E-state index >= 15 is 0 Å². The fourth-order valence-corrected chi connectivity index (χ4v) is 4.29. The first-order valence-corrected chi connectivity index (χ1v) is 10.6. The van der Waals surface area contributed by atoms with E-state index in [-0.39, 0.29) is 12.1 Å². The molecule has 5 nitrogen and oxygen atoms in total. The van der Waals surface area contributed by atoms with Gasteiger partial charge in [0.15, 0.2) is 5.11 Å². The summed E-state index contributed by atoms with van der Waals surface area (Å²) in [6, 6.07) is 27.8. The van der Waals surface area contributed by atoms with Crippen LogP contribution >= 0.6 is 12.2 Å². The number of anilines is 1. The molecule has 1 aliphatic heterocycles. The van der Waals surface area contributed by atoms with Gasteiger partial charge in [-0.3, -0.25) is 4.98 Å². The highest BCUT2D eigenvalue weighted by Crippen LogP contribution is 2.41. The van der Waals surface area contributed by atoms with Gasteiger partial charge in [-0.2, -0.15) is 0 Å². The number of H-pyrrole nitrogens is 1. The van der Waals surface area contributed by atoms with Crippen LogP contribution in [0, 0.1) is 6.92 Å². The van der Waals surface area contributed by atoms with Gasteiger partial charge in [-0.05, 0) is 79.8 Å². The molecule has 4 aromatic rings. The molecule has 0 aliphatic carbocycles. The van der Waals surface area contributed by atoms with Gasteiger partial charge in [0.2, 0.25) is 0 Å². The highest BCUT2D eigenvalue weighted by Gasteiger charge is 2.41. The average molecular weight is 427 g/mol. The summed E-state index contributed by atoms with van der Waals surface area (Å²) in [5.74, 6) is 1.59. The lowest BCUT2D eigenvalue weighted by molar-refractivity contribution is 0.482. The Kier molecular flexibility index (Phi) is 5.14. The average Bonchev–Trinajstić information content (AvgIpc) is 3.38. The largest absolute Gasteiger partial charge is 0.457 e. The van der Waals surface area contributed by atoms with Gasteiger partial charge in [-0.1, -0.05) is 24.3 Å². The third kappa shape index (κ3) is 3.90. The van der Waals surface area contributed by atoms with Crippen molar-refractivity contribution in [3.8, 4) is 11.5 Å². The zero-order valence-electron chi connectivity index (χ0n) is 17.0. The first-order chi connectivity index (χ1) is 15.2. The van der Waals surface area contributed by atoms with E-state index in [0.717, 1.165) is 34.3 Å². The van der Waals surface area contributed by atoms with Crippen LogP contribution in [-0.4, -0.2) is 15.1 Å². The standard InChI is InChI=1S/C25H22N4OS/c1-17-10-15-22(27-17)24-23(21-9-5-6-16-26-21)28-25(31)29(24)18-11-13-20(14-12-18)30-19-7-3-2-4-8-19/h2-16,23-24,27H,1H3,(H,28,31)/t23-,24-/m0/s1. The first kappa shape index (κ1) is 19.3. The summed E-state index contributed by atoms with van der Waals surface area (Å²) in [6.45, 7) is 2.06. The lowest BCUT2D eigenvalue weighted by atomic mass is 10.0. The third-order valence-electron chi connectivity index (χ3n) is 5.36. The summed E-state index contributed by atoms with van der Waals surface area (Å²) in [5.41, 5.74) is 4.14. The molecule has 1 saturated heterocycles. The Morgan fingerprint density at radius 2 is 1.61 bits per heavy atom. The zero-order valence-corrected chi connectivity index (χ0v) is 17.8. The molecule has 0 amide bonds. The Morgan fingerprint density at radius 1 is 0.871 bits per heavy atom. The maximum atomic E-state index is 5.94. The second kappa shape index (κ2) is 8.24. The van der Waals surface area contributed by atoms with E-state index in [2.05, 4.69) is 39.2 Å². The van der Waals surface area contributed by atoms with E-state index in [9.17, 15) is 0 Å².